The van der Waals surface area contributed by atoms with Crippen molar-refractivity contribution in [1.82, 2.24) is 4.90 Å². The molecule has 4 N–H and O–H groups in total. The third kappa shape index (κ3) is 6.10. The minimum Gasteiger partial charge on any atom is -0.397 e. The average molecular weight is 489 g/mol. The number of halogens is 1. The molecule has 6 nitrogen and oxygen atoms in total. The van der Waals surface area contributed by atoms with E-state index < -0.39 is 0 Å². The van der Waals surface area contributed by atoms with Gasteiger partial charge in [0.2, 0.25) is 11.8 Å². The molecule has 0 aliphatic carbocycles. The summed E-state index contributed by atoms with van der Waals surface area (Å²) in [5, 5.41) is 6.51. The standard InChI is InChI=1S/C28H29ClN4O2/c1-18-15-21(12-13-24(18)29)31-28(35)23-17-33(2)16-22(23)20-10-7-19(8-11-20)9-14-27(34)32-26-6-4-3-5-25(26)30/h3-15,22-23H,16-17,30H2,1-2H3,(H,31,35)(H,32,34)/b14-9+. The number of nitrogens with two attached hydrogens (primary N) is 1. The minimum atomic E-state index is -0.251. The topological polar surface area (TPSA) is 87.5 Å². The number of para-hydroxylation sites is 2. The van der Waals surface area contributed by atoms with Crippen molar-refractivity contribution in [1.29, 1.82) is 0 Å². The summed E-state index contributed by atoms with van der Waals surface area (Å²) >= 11 is 6.11. The first-order chi connectivity index (χ1) is 16.8. The van der Waals surface area contributed by atoms with Crippen molar-refractivity contribution in [3.63, 3.8) is 0 Å². The maximum atomic E-state index is 13.1. The lowest BCUT2D eigenvalue weighted by molar-refractivity contribution is -0.119. The van der Waals surface area contributed by atoms with Crippen LogP contribution < -0.4 is 16.4 Å². The van der Waals surface area contributed by atoms with Gasteiger partial charge in [0.25, 0.3) is 0 Å². The second kappa shape index (κ2) is 10.8. The number of likely N-dealkylation sites (N-methyl/N-ethyl adjacent to an activating group) is 1. The fourth-order valence-corrected chi connectivity index (χ4v) is 4.49. The lowest BCUT2D eigenvalue weighted by Gasteiger charge is -2.19. The zero-order chi connectivity index (χ0) is 24.9. The van der Waals surface area contributed by atoms with Gasteiger partial charge in [-0.05, 0) is 67.1 Å². The second-order valence-electron chi connectivity index (χ2n) is 8.96. The number of nitrogen functional groups attached to an aromatic ring is 1. The molecule has 1 saturated heterocycles. The lowest BCUT2D eigenvalue weighted by atomic mass is 9.88. The number of anilines is 3. The van der Waals surface area contributed by atoms with Gasteiger partial charge in [0, 0.05) is 35.8 Å². The van der Waals surface area contributed by atoms with E-state index in [0.29, 0.717) is 22.9 Å². The molecule has 2 atom stereocenters. The maximum Gasteiger partial charge on any atom is 0.248 e. The van der Waals surface area contributed by atoms with Crippen molar-refractivity contribution in [3.05, 3.63) is 94.5 Å². The summed E-state index contributed by atoms with van der Waals surface area (Å²) in [6, 6.07) is 20.6. The quantitative estimate of drug-likeness (QED) is 0.330. The Labute approximate surface area is 210 Å². The minimum absolute atomic E-state index is 0.00176. The first kappa shape index (κ1) is 24.5. The highest BCUT2D eigenvalue weighted by atomic mass is 35.5. The van der Waals surface area contributed by atoms with Crippen molar-refractivity contribution in [2.75, 3.05) is 36.5 Å². The van der Waals surface area contributed by atoms with E-state index in [9.17, 15) is 9.59 Å². The molecule has 1 aliphatic rings. The summed E-state index contributed by atoms with van der Waals surface area (Å²) in [5.41, 5.74) is 10.6. The van der Waals surface area contributed by atoms with Gasteiger partial charge in [-0.15, -0.1) is 0 Å². The summed E-state index contributed by atoms with van der Waals surface area (Å²) in [6.07, 6.45) is 3.24. The molecule has 180 valence electrons. The zero-order valence-corrected chi connectivity index (χ0v) is 20.5. The molecule has 35 heavy (non-hydrogen) atoms. The largest absolute Gasteiger partial charge is 0.397 e. The predicted molar refractivity (Wildman–Crippen MR) is 144 cm³/mol. The van der Waals surface area contributed by atoms with E-state index in [-0.39, 0.29) is 23.7 Å². The van der Waals surface area contributed by atoms with E-state index in [1.54, 1.807) is 24.3 Å². The Morgan fingerprint density at radius 3 is 2.49 bits per heavy atom. The van der Waals surface area contributed by atoms with E-state index in [2.05, 4.69) is 15.5 Å². The first-order valence-electron chi connectivity index (χ1n) is 11.5. The lowest BCUT2D eigenvalue weighted by Crippen LogP contribution is -2.28. The number of nitrogens with zero attached hydrogens (tertiary/aromatic N) is 1. The van der Waals surface area contributed by atoms with Crippen molar-refractivity contribution >= 4 is 46.6 Å². The number of benzene rings is 3. The van der Waals surface area contributed by atoms with Crippen LogP contribution in [0.4, 0.5) is 17.1 Å². The first-order valence-corrected chi connectivity index (χ1v) is 11.9. The molecule has 0 saturated carbocycles. The van der Waals surface area contributed by atoms with Gasteiger partial charge in [-0.2, -0.15) is 0 Å². The van der Waals surface area contributed by atoms with Gasteiger partial charge in [-0.1, -0.05) is 48.0 Å². The molecule has 7 heteroatoms. The van der Waals surface area contributed by atoms with Crippen LogP contribution in [0.5, 0.6) is 0 Å². The van der Waals surface area contributed by atoms with Gasteiger partial charge in [0.1, 0.15) is 0 Å². The molecule has 1 aliphatic heterocycles. The van der Waals surface area contributed by atoms with Crippen molar-refractivity contribution in [3.8, 4) is 0 Å². The highest BCUT2D eigenvalue weighted by Crippen LogP contribution is 2.33. The predicted octanol–water partition coefficient (Wildman–Crippen LogP) is 5.17. The number of carbonyl (C=O) groups excluding carboxylic acids is 2. The Morgan fingerprint density at radius 1 is 1.03 bits per heavy atom. The molecule has 3 aromatic carbocycles. The van der Waals surface area contributed by atoms with Crippen LogP contribution in [0, 0.1) is 12.8 Å². The molecule has 2 amide bonds. The van der Waals surface area contributed by atoms with Gasteiger partial charge in [0.05, 0.1) is 17.3 Å². The van der Waals surface area contributed by atoms with E-state index in [1.807, 2.05) is 62.5 Å². The van der Waals surface area contributed by atoms with Crippen molar-refractivity contribution in [2.24, 2.45) is 5.92 Å². The molecule has 1 fully saturated rings. The summed E-state index contributed by atoms with van der Waals surface area (Å²) in [5.74, 6) is -0.337. The molecule has 0 spiro atoms. The number of amides is 2. The highest BCUT2D eigenvalue weighted by molar-refractivity contribution is 6.31. The van der Waals surface area contributed by atoms with E-state index in [4.69, 9.17) is 17.3 Å². The number of likely N-dealkylation sites (tertiary alicyclic amines) is 1. The van der Waals surface area contributed by atoms with Crippen LogP contribution >= 0.6 is 11.6 Å². The monoisotopic (exact) mass is 488 g/mol. The summed E-state index contributed by atoms with van der Waals surface area (Å²) in [6.45, 7) is 3.40. The zero-order valence-electron chi connectivity index (χ0n) is 19.8. The van der Waals surface area contributed by atoms with Crippen molar-refractivity contribution in [2.45, 2.75) is 12.8 Å². The van der Waals surface area contributed by atoms with E-state index in [1.165, 1.54) is 6.08 Å². The van der Waals surface area contributed by atoms with E-state index in [0.717, 1.165) is 28.9 Å². The molecule has 0 bridgehead atoms. The number of hydrogen-bond donors (Lipinski definition) is 3. The maximum absolute atomic E-state index is 13.1. The normalized spacial score (nSPS) is 18.0. The van der Waals surface area contributed by atoms with Crippen LogP contribution in [0.3, 0.4) is 0 Å². The molecule has 2 unspecified atom stereocenters. The third-order valence-electron chi connectivity index (χ3n) is 6.28. The van der Waals surface area contributed by atoms with Crippen LogP contribution in [0.2, 0.25) is 5.02 Å². The molecule has 3 aromatic rings. The van der Waals surface area contributed by atoms with Crippen LogP contribution in [0.15, 0.2) is 72.8 Å². The summed E-state index contributed by atoms with van der Waals surface area (Å²) in [4.78, 5) is 27.5. The van der Waals surface area contributed by atoms with Crippen LogP contribution in [0.25, 0.3) is 6.08 Å². The van der Waals surface area contributed by atoms with Gasteiger partial charge in [-0.25, -0.2) is 0 Å². The fourth-order valence-electron chi connectivity index (χ4n) is 4.37. The molecule has 0 radical (unpaired) electrons. The fraction of sp³-hybridized carbons (Fsp3) is 0.214. The Hall–Kier alpha value is -3.61. The molecule has 0 aromatic heterocycles. The van der Waals surface area contributed by atoms with Crippen LogP contribution in [0.1, 0.15) is 22.6 Å². The molecular formula is C28H29ClN4O2. The Bertz CT molecular complexity index is 1260. The van der Waals surface area contributed by atoms with Gasteiger partial charge < -0.3 is 21.3 Å². The number of nitrogens with one attached hydrogen (secondary N) is 2. The molecular weight excluding hydrogens is 460 g/mol. The summed E-state index contributed by atoms with van der Waals surface area (Å²) in [7, 11) is 2.03. The third-order valence-corrected chi connectivity index (χ3v) is 6.70. The van der Waals surface area contributed by atoms with E-state index >= 15 is 0 Å². The Morgan fingerprint density at radius 2 is 1.77 bits per heavy atom. The highest BCUT2D eigenvalue weighted by Gasteiger charge is 2.37. The Balaban J connectivity index is 1.41. The molecule has 4 rings (SSSR count). The van der Waals surface area contributed by atoms with Gasteiger partial charge in [0.15, 0.2) is 0 Å². The number of rotatable bonds is 6. The summed E-state index contributed by atoms with van der Waals surface area (Å²) < 4.78 is 0. The SMILES string of the molecule is Cc1cc(NC(=O)C2CN(C)CC2c2ccc(/C=C/C(=O)Nc3ccccc3N)cc2)ccc1Cl. The Kier molecular flexibility index (Phi) is 7.54. The second-order valence-corrected chi connectivity index (χ2v) is 9.37. The van der Waals surface area contributed by atoms with Gasteiger partial charge in [-0.3, -0.25) is 9.59 Å². The van der Waals surface area contributed by atoms with Gasteiger partial charge >= 0.3 is 0 Å². The number of aryl methyl sites for hydroxylation is 1. The average Bonchev–Trinajstić information content (AvgIpc) is 3.24. The molecule has 1 heterocycles. The van der Waals surface area contributed by atoms with Crippen LogP contribution in [-0.4, -0.2) is 36.9 Å². The van der Waals surface area contributed by atoms with Crippen LogP contribution in [-0.2, 0) is 9.59 Å². The number of carbonyl (C=O) groups is 2. The smallest absolute Gasteiger partial charge is 0.248 e. The number of hydrogen-bond acceptors (Lipinski definition) is 4. The van der Waals surface area contributed by atoms with Crippen molar-refractivity contribution < 1.29 is 9.59 Å².